The standard InChI is InChI=1S/C36H38O7/c1-4-19-39-36-35(43-32(38)18-13-24(2)37)34(41-23-27-15-17-29-10-6-8-12-31(29)21-27)33(25(3)42-36)40-22-26-14-16-28-9-5-7-11-30(28)20-26/h4-12,14-17,20-21,25,33-36H,1,13,18-19,22-23H2,2-3H3/t25-,33-,34+,35+,36+/m0/s1. The molecular weight excluding hydrogens is 544 g/mol. The van der Waals surface area contributed by atoms with Crippen LogP contribution in [0.25, 0.3) is 21.5 Å². The first-order valence-electron chi connectivity index (χ1n) is 14.7. The van der Waals surface area contributed by atoms with Crippen LogP contribution in [0.5, 0.6) is 0 Å². The molecule has 0 amide bonds. The summed E-state index contributed by atoms with van der Waals surface area (Å²) in [6.45, 7) is 7.84. The van der Waals surface area contributed by atoms with Crippen LogP contribution >= 0.6 is 0 Å². The number of hydrogen-bond acceptors (Lipinski definition) is 7. The number of rotatable bonds is 13. The average Bonchev–Trinajstić information content (AvgIpc) is 3.02. The topological polar surface area (TPSA) is 80.3 Å². The minimum Gasteiger partial charge on any atom is -0.454 e. The lowest BCUT2D eigenvalue weighted by Crippen LogP contribution is -2.60. The zero-order chi connectivity index (χ0) is 30.2. The Morgan fingerprint density at radius 1 is 0.744 bits per heavy atom. The molecule has 1 aliphatic heterocycles. The van der Waals surface area contributed by atoms with Crippen molar-refractivity contribution in [3.05, 3.63) is 109 Å². The third-order valence-electron chi connectivity index (χ3n) is 7.57. The first-order valence-corrected chi connectivity index (χ1v) is 14.7. The van der Waals surface area contributed by atoms with E-state index in [0.29, 0.717) is 6.61 Å². The summed E-state index contributed by atoms with van der Waals surface area (Å²) in [5.74, 6) is -0.622. The Hall–Kier alpha value is -3.88. The van der Waals surface area contributed by atoms with Gasteiger partial charge in [0, 0.05) is 6.42 Å². The SMILES string of the molecule is C=CCO[C@@H]1O[C@@H](C)[C@H](OCc2ccc3ccccc3c2)[C@@H](OCc2ccc3ccccc3c2)[C@H]1OC(=O)CCC(C)=O. The summed E-state index contributed by atoms with van der Waals surface area (Å²) in [4.78, 5) is 24.4. The van der Waals surface area contributed by atoms with E-state index in [1.54, 1.807) is 6.08 Å². The molecule has 4 aromatic carbocycles. The zero-order valence-corrected chi connectivity index (χ0v) is 24.6. The molecule has 224 valence electrons. The first-order chi connectivity index (χ1) is 20.9. The van der Waals surface area contributed by atoms with E-state index in [1.807, 2.05) is 43.3 Å². The van der Waals surface area contributed by atoms with Crippen LogP contribution in [-0.4, -0.2) is 49.1 Å². The zero-order valence-electron chi connectivity index (χ0n) is 24.6. The second kappa shape index (κ2) is 14.5. The van der Waals surface area contributed by atoms with Crippen LogP contribution in [0.4, 0.5) is 0 Å². The highest BCUT2D eigenvalue weighted by molar-refractivity contribution is 5.84. The van der Waals surface area contributed by atoms with Crippen LogP contribution < -0.4 is 0 Å². The van der Waals surface area contributed by atoms with Crippen molar-refractivity contribution in [3.8, 4) is 0 Å². The fraction of sp³-hybridized carbons (Fsp3) is 0.333. The molecule has 43 heavy (non-hydrogen) atoms. The molecule has 0 N–H and O–H groups in total. The van der Waals surface area contributed by atoms with Crippen molar-refractivity contribution in [1.29, 1.82) is 0 Å². The van der Waals surface area contributed by atoms with Crippen molar-refractivity contribution < 1.29 is 33.3 Å². The minimum absolute atomic E-state index is 0.0461. The fourth-order valence-electron chi connectivity index (χ4n) is 5.35. The molecule has 0 bridgehead atoms. The van der Waals surface area contributed by atoms with Crippen LogP contribution in [0.15, 0.2) is 97.6 Å². The predicted molar refractivity (Wildman–Crippen MR) is 165 cm³/mol. The average molecular weight is 583 g/mol. The molecule has 4 aromatic rings. The molecule has 0 radical (unpaired) electrons. The normalized spacial score (nSPS) is 22.0. The number of hydrogen-bond donors (Lipinski definition) is 0. The van der Waals surface area contributed by atoms with Gasteiger partial charge in [0.05, 0.1) is 32.3 Å². The van der Waals surface area contributed by atoms with E-state index in [1.165, 1.54) is 6.92 Å². The van der Waals surface area contributed by atoms with E-state index in [9.17, 15) is 9.59 Å². The van der Waals surface area contributed by atoms with Crippen molar-refractivity contribution in [3.63, 3.8) is 0 Å². The van der Waals surface area contributed by atoms with Gasteiger partial charge in [-0.05, 0) is 58.7 Å². The molecule has 1 saturated heterocycles. The molecule has 5 atom stereocenters. The van der Waals surface area contributed by atoms with Gasteiger partial charge in [0.1, 0.15) is 18.0 Å². The van der Waals surface area contributed by atoms with Gasteiger partial charge < -0.3 is 28.5 Å². The molecule has 1 aliphatic rings. The lowest BCUT2D eigenvalue weighted by Gasteiger charge is -2.44. The Labute approximate surface area is 252 Å². The van der Waals surface area contributed by atoms with Crippen LogP contribution in [0, 0.1) is 0 Å². The number of Topliss-reactive ketones (excluding diaryl/α,β-unsaturated/α-hetero) is 1. The first kappa shape index (κ1) is 30.6. The van der Waals surface area contributed by atoms with Gasteiger partial charge in [0.15, 0.2) is 12.4 Å². The molecule has 0 unspecified atom stereocenters. The third-order valence-corrected chi connectivity index (χ3v) is 7.57. The summed E-state index contributed by atoms with van der Waals surface area (Å²) in [5, 5.41) is 4.51. The van der Waals surface area contributed by atoms with Crippen molar-refractivity contribution in [2.45, 2.75) is 70.6 Å². The molecule has 0 saturated carbocycles. The van der Waals surface area contributed by atoms with Gasteiger partial charge in [0.25, 0.3) is 0 Å². The molecule has 1 fully saturated rings. The number of carbonyl (C=O) groups is 2. The van der Waals surface area contributed by atoms with E-state index in [2.05, 4.69) is 55.1 Å². The second-order valence-corrected chi connectivity index (χ2v) is 10.9. The maximum absolute atomic E-state index is 12.9. The van der Waals surface area contributed by atoms with E-state index in [0.717, 1.165) is 32.7 Å². The van der Waals surface area contributed by atoms with Gasteiger partial charge in [-0.3, -0.25) is 4.79 Å². The quantitative estimate of drug-likeness (QED) is 0.128. The Kier molecular flexibility index (Phi) is 10.3. The van der Waals surface area contributed by atoms with E-state index in [-0.39, 0.29) is 31.8 Å². The summed E-state index contributed by atoms with van der Waals surface area (Å²) in [7, 11) is 0. The Balaban J connectivity index is 1.41. The summed E-state index contributed by atoms with van der Waals surface area (Å²) in [6.07, 6.45) is -1.93. The Morgan fingerprint density at radius 2 is 1.30 bits per heavy atom. The molecule has 0 aliphatic carbocycles. The van der Waals surface area contributed by atoms with Crippen molar-refractivity contribution in [2.75, 3.05) is 6.61 Å². The van der Waals surface area contributed by atoms with Crippen molar-refractivity contribution in [1.82, 2.24) is 0 Å². The molecule has 0 aromatic heterocycles. The summed E-state index contributed by atoms with van der Waals surface area (Å²) < 4.78 is 31.1. The molecular formula is C36H38O7. The van der Waals surface area contributed by atoms with Crippen LogP contribution in [0.3, 0.4) is 0 Å². The molecule has 0 spiro atoms. The number of ether oxygens (including phenoxy) is 5. The van der Waals surface area contributed by atoms with E-state index >= 15 is 0 Å². The fourth-order valence-corrected chi connectivity index (χ4v) is 5.35. The largest absolute Gasteiger partial charge is 0.454 e. The summed E-state index contributed by atoms with van der Waals surface area (Å²) in [5.41, 5.74) is 1.97. The lowest BCUT2D eigenvalue weighted by molar-refractivity contribution is -0.310. The number of ketones is 1. The van der Waals surface area contributed by atoms with Gasteiger partial charge in [0.2, 0.25) is 0 Å². The minimum atomic E-state index is -0.933. The predicted octanol–water partition coefficient (Wildman–Crippen LogP) is 6.69. The van der Waals surface area contributed by atoms with E-state index < -0.39 is 36.7 Å². The van der Waals surface area contributed by atoms with Gasteiger partial charge in [-0.25, -0.2) is 0 Å². The van der Waals surface area contributed by atoms with Crippen LogP contribution in [0.1, 0.15) is 37.8 Å². The number of fused-ring (bicyclic) bond motifs is 2. The van der Waals surface area contributed by atoms with Gasteiger partial charge in [-0.1, -0.05) is 78.9 Å². The third kappa shape index (κ3) is 7.94. The second-order valence-electron chi connectivity index (χ2n) is 10.9. The molecule has 5 rings (SSSR count). The maximum Gasteiger partial charge on any atom is 0.306 e. The van der Waals surface area contributed by atoms with Crippen molar-refractivity contribution in [2.24, 2.45) is 0 Å². The highest BCUT2D eigenvalue weighted by atomic mass is 16.7. The van der Waals surface area contributed by atoms with Gasteiger partial charge in [-0.2, -0.15) is 0 Å². The molecule has 1 heterocycles. The summed E-state index contributed by atoms with van der Waals surface area (Å²) >= 11 is 0. The number of benzene rings is 4. The number of carbonyl (C=O) groups excluding carboxylic acids is 2. The molecule has 7 heteroatoms. The Morgan fingerprint density at radius 3 is 1.86 bits per heavy atom. The molecule has 7 nitrogen and oxygen atoms in total. The number of esters is 1. The Bertz CT molecular complexity index is 1560. The monoisotopic (exact) mass is 582 g/mol. The summed E-state index contributed by atoms with van der Waals surface area (Å²) in [6, 6.07) is 28.7. The van der Waals surface area contributed by atoms with Crippen LogP contribution in [0.2, 0.25) is 0 Å². The lowest BCUT2D eigenvalue weighted by atomic mass is 9.98. The van der Waals surface area contributed by atoms with Crippen molar-refractivity contribution >= 4 is 33.3 Å². The van der Waals surface area contributed by atoms with E-state index in [4.69, 9.17) is 23.7 Å². The van der Waals surface area contributed by atoms with Gasteiger partial charge >= 0.3 is 5.97 Å². The highest BCUT2D eigenvalue weighted by Crippen LogP contribution is 2.31. The maximum atomic E-state index is 12.9. The highest BCUT2D eigenvalue weighted by Gasteiger charge is 2.48. The smallest absolute Gasteiger partial charge is 0.306 e. The van der Waals surface area contributed by atoms with Crippen LogP contribution in [-0.2, 0) is 46.5 Å². The van der Waals surface area contributed by atoms with Gasteiger partial charge in [-0.15, -0.1) is 6.58 Å².